The molecule has 0 amide bonds. The predicted molar refractivity (Wildman–Crippen MR) is 91.6 cm³/mol. The second-order valence-electron chi connectivity index (χ2n) is 6.38. The minimum atomic E-state index is 0.141. The molecule has 1 unspecified atom stereocenters. The van der Waals surface area contributed by atoms with Crippen LogP contribution in [0.1, 0.15) is 50.8 Å². The fourth-order valence-corrected chi connectivity index (χ4v) is 2.73. The van der Waals surface area contributed by atoms with E-state index in [2.05, 4.69) is 86.8 Å². The first kappa shape index (κ1) is 15.8. The van der Waals surface area contributed by atoms with Crippen molar-refractivity contribution >= 4 is 0 Å². The van der Waals surface area contributed by atoms with Gasteiger partial charge in [-0.2, -0.15) is 0 Å². The van der Waals surface area contributed by atoms with Crippen molar-refractivity contribution in [1.29, 1.82) is 0 Å². The molecule has 0 aliphatic heterocycles. The van der Waals surface area contributed by atoms with Gasteiger partial charge < -0.3 is 5.32 Å². The Balaban J connectivity index is 2.05. The van der Waals surface area contributed by atoms with Crippen LogP contribution in [-0.4, -0.2) is 6.54 Å². The SMILES string of the molecule is CCCC(NCC(C)(C)c1ccccc1)c1ccccc1. The zero-order valence-corrected chi connectivity index (χ0v) is 13.5. The standard InChI is InChI=1S/C20H27N/c1-4-11-19(17-12-7-5-8-13-17)21-16-20(2,3)18-14-9-6-10-15-18/h5-10,12-15,19,21H,4,11,16H2,1-3H3. The molecule has 0 aliphatic carbocycles. The van der Waals surface area contributed by atoms with E-state index in [-0.39, 0.29) is 5.41 Å². The Hall–Kier alpha value is -1.60. The molecule has 0 radical (unpaired) electrons. The summed E-state index contributed by atoms with van der Waals surface area (Å²) in [7, 11) is 0. The van der Waals surface area contributed by atoms with E-state index in [1.807, 2.05) is 0 Å². The van der Waals surface area contributed by atoms with Crippen LogP contribution in [-0.2, 0) is 5.41 Å². The second-order valence-corrected chi connectivity index (χ2v) is 6.38. The molecular formula is C20H27N. The van der Waals surface area contributed by atoms with Gasteiger partial charge in [-0.3, -0.25) is 0 Å². The molecule has 0 spiro atoms. The van der Waals surface area contributed by atoms with E-state index in [9.17, 15) is 0 Å². The van der Waals surface area contributed by atoms with Crippen molar-refractivity contribution in [2.24, 2.45) is 0 Å². The third kappa shape index (κ3) is 4.44. The minimum absolute atomic E-state index is 0.141. The van der Waals surface area contributed by atoms with Gasteiger partial charge in [0.15, 0.2) is 0 Å². The van der Waals surface area contributed by atoms with Gasteiger partial charge in [0.05, 0.1) is 0 Å². The van der Waals surface area contributed by atoms with Crippen LogP contribution in [0.15, 0.2) is 60.7 Å². The van der Waals surface area contributed by atoms with E-state index in [4.69, 9.17) is 0 Å². The van der Waals surface area contributed by atoms with Gasteiger partial charge in [0.25, 0.3) is 0 Å². The summed E-state index contributed by atoms with van der Waals surface area (Å²) in [5.74, 6) is 0. The van der Waals surface area contributed by atoms with Crippen molar-refractivity contribution in [3.63, 3.8) is 0 Å². The van der Waals surface area contributed by atoms with Gasteiger partial charge in [-0.15, -0.1) is 0 Å². The van der Waals surface area contributed by atoms with E-state index in [1.54, 1.807) is 0 Å². The Bertz CT molecular complexity index is 516. The molecule has 1 nitrogen and oxygen atoms in total. The Morgan fingerprint density at radius 1 is 0.905 bits per heavy atom. The van der Waals surface area contributed by atoms with Crippen LogP contribution in [0, 0.1) is 0 Å². The van der Waals surface area contributed by atoms with Crippen LogP contribution in [0.4, 0.5) is 0 Å². The Kier molecular flexibility index (Phi) is 5.58. The maximum Gasteiger partial charge on any atom is 0.0320 e. The molecule has 0 aliphatic rings. The highest BCUT2D eigenvalue weighted by atomic mass is 14.9. The van der Waals surface area contributed by atoms with Gasteiger partial charge in [-0.25, -0.2) is 0 Å². The summed E-state index contributed by atoms with van der Waals surface area (Å²) in [6, 6.07) is 22.0. The highest BCUT2D eigenvalue weighted by Gasteiger charge is 2.22. The average molecular weight is 281 g/mol. The Labute approximate surface area is 129 Å². The zero-order chi connectivity index (χ0) is 15.1. The molecule has 0 saturated heterocycles. The van der Waals surface area contributed by atoms with Crippen LogP contribution < -0.4 is 5.32 Å². The molecular weight excluding hydrogens is 254 g/mol. The minimum Gasteiger partial charge on any atom is -0.309 e. The second kappa shape index (κ2) is 7.42. The summed E-state index contributed by atoms with van der Waals surface area (Å²) < 4.78 is 0. The maximum atomic E-state index is 3.78. The number of nitrogens with one attached hydrogen (secondary N) is 1. The van der Waals surface area contributed by atoms with Crippen molar-refractivity contribution < 1.29 is 0 Å². The van der Waals surface area contributed by atoms with Gasteiger partial charge >= 0.3 is 0 Å². The summed E-state index contributed by atoms with van der Waals surface area (Å²) in [6.07, 6.45) is 2.37. The molecule has 1 atom stereocenters. The molecule has 0 saturated carbocycles. The largest absolute Gasteiger partial charge is 0.309 e. The lowest BCUT2D eigenvalue weighted by atomic mass is 9.84. The molecule has 2 aromatic carbocycles. The summed E-state index contributed by atoms with van der Waals surface area (Å²) >= 11 is 0. The van der Waals surface area contributed by atoms with Crippen LogP contribution in [0.5, 0.6) is 0 Å². The molecule has 112 valence electrons. The normalized spacial score (nSPS) is 13.1. The van der Waals surface area contributed by atoms with Gasteiger partial charge in [0.1, 0.15) is 0 Å². The lowest BCUT2D eigenvalue weighted by Crippen LogP contribution is -2.35. The van der Waals surface area contributed by atoms with Gasteiger partial charge in [0.2, 0.25) is 0 Å². The van der Waals surface area contributed by atoms with Crippen molar-refractivity contribution in [2.75, 3.05) is 6.54 Å². The van der Waals surface area contributed by atoms with Crippen LogP contribution >= 0.6 is 0 Å². The highest BCUT2D eigenvalue weighted by molar-refractivity contribution is 5.24. The molecule has 1 N–H and O–H groups in total. The first-order valence-corrected chi connectivity index (χ1v) is 7.97. The lowest BCUT2D eigenvalue weighted by molar-refractivity contribution is 0.407. The van der Waals surface area contributed by atoms with Gasteiger partial charge in [0, 0.05) is 18.0 Å². The number of hydrogen-bond donors (Lipinski definition) is 1. The number of hydrogen-bond acceptors (Lipinski definition) is 1. The summed E-state index contributed by atoms with van der Waals surface area (Å²) in [5.41, 5.74) is 2.92. The third-order valence-corrected chi connectivity index (χ3v) is 4.12. The fraction of sp³-hybridized carbons (Fsp3) is 0.400. The Morgan fingerprint density at radius 2 is 1.48 bits per heavy atom. The topological polar surface area (TPSA) is 12.0 Å². The van der Waals surface area contributed by atoms with Gasteiger partial charge in [-0.05, 0) is 17.5 Å². The number of rotatable bonds is 7. The lowest BCUT2D eigenvalue weighted by Gasteiger charge is -2.29. The van der Waals surface area contributed by atoms with Crippen LogP contribution in [0.3, 0.4) is 0 Å². The molecule has 0 fully saturated rings. The van der Waals surface area contributed by atoms with Gasteiger partial charge in [-0.1, -0.05) is 87.9 Å². The summed E-state index contributed by atoms with van der Waals surface area (Å²) in [6.45, 7) is 7.85. The first-order chi connectivity index (χ1) is 10.1. The molecule has 1 heteroatoms. The van der Waals surface area contributed by atoms with Crippen molar-refractivity contribution in [2.45, 2.75) is 45.1 Å². The number of benzene rings is 2. The van der Waals surface area contributed by atoms with Crippen LogP contribution in [0.2, 0.25) is 0 Å². The smallest absolute Gasteiger partial charge is 0.0320 e. The van der Waals surface area contributed by atoms with Crippen LogP contribution in [0.25, 0.3) is 0 Å². The van der Waals surface area contributed by atoms with Crippen molar-refractivity contribution in [1.82, 2.24) is 5.32 Å². The molecule has 0 bridgehead atoms. The van der Waals surface area contributed by atoms with Crippen molar-refractivity contribution in [3.05, 3.63) is 71.8 Å². The highest BCUT2D eigenvalue weighted by Crippen LogP contribution is 2.25. The predicted octanol–water partition coefficient (Wildman–Crippen LogP) is 5.10. The monoisotopic (exact) mass is 281 g/mol. The molecule has 0 aromatic heterocycles. The molecule has 21 heavy (non-hydrogen) atoms. The fourth-order valence-electron chi connectivity index (χ4n) is 2.73. The maximum absolute atomic E-state index is 3.78. The first-order valence-electron chi connectivity index (χ1n) is 7.97. The Morgan fingerprint density at radius 3 is 2.05 bits per heavy atom. The van der Waals surface area contributed by atoms with E-state index < -0.39 is 0 Å². The van der Waals surface area contributed by atoms with E-state index in [0.717, 1.165) is 6.54 Å². The molecule has 2 rings (SSSR count). The molecule has 0 heterocycles. The summed E-state index contributed by atoms with van der Waals surface area (Å²) in [4.78, 5) is 0. The zero-order valence-electron chi connectivity index (χ0n) is 13.5. The van der Waals surface area contributed by atoms with E-state index in [0.29, 0.717) is 6.04 Å². The van der Waals surface area contributed by atoms with Crippen molar-refractivity contribution in [3.8, 4) is 0 Å². The van der Waals surface area contributed by atoms with E-state index in [1.165, 1.54) is 24.0 Å². The quantitative estimate of drug-likeness (QED) is 0.745. The average Bonchev–Trinajstić information content (AvgIpc) is 2.53. The summed E-state index contributed by atoms with van der Waals surface area (Å²) in [5, 5.41) is 3.78. The van der Waals surface area contributed by atoms with E-state index >= 15 is 0 Å². The molecule has 2 aromatic rings. The third-order valence-electron chi connectivity index (χ3n) is 4.12.